The maximum atomic E-state index is 15.2. The fraction of sp³-hybridized carbons (Fsp3) is 0.242. The van der Waals surface area contributed by atoms with Crippen molar-refractivity contribution in [2.75, 3.05) is 38.5 Å². The van der Waals surface area contributed by atoms with Gasteiger partial charge in [-0.2, -0.15) is 0 Å². The predicted molar refractivity (Wildman–Crippen MR) is 174 cm³/mol. The molecule has 10 heteroatoms. The normalized spacial score (nSPS) is 14.2. The Labute approximate surface area is 259 Å². The monoisotopic (exact) mass is 613 g/mol. The number of anilines is 1. The Morgan fingerprint density at radius 2 is 1.84 bits per heavy atom. The summed E-state index contributed by atoms with van der Waals surface area (Å²) in [6.07, 6.45) is 2.38. The van der Waals surface area contributed by atoms with E-state index in [9.17, 15) is 4.79 Å². The molecule has 1 fully saturated rings. The first kappa shape index (κ1) is 29.1. The molecular formula is C33H32FN5O2S2. The zero-order valence-corrected chi connectivity index (χ0v) is 25.4. The first-order chi connectivity index (χ1) is 20.9. The van der Waals surface area contributed by atoms with Crippen LogP contribution in [0.15, 0.2) is 83.4 Å². The average Bonchev–Trinajstić information content (AvgIpc) is 3.64. The summed E-state index contributed by atoms with van der Waals surface area (Å²) in [5, 5.41) is 5.68. The van der Waals surface area contributed by atoms with Crippen molar-refractivity contribution in [2.24, 2.45) is 0 Å². The molecule has 6 rings (SSSR count). The summed E-state index contributed by atoms with van der Waals surface area (Å²) in [4.78, 5) is 22.6. The Bertz CT molecular complexity index is 1740. The third kappa shape index (κ3) is 7.34. The van der Waals surface area contributed by atoms with Crippen molar-refractivity contribution in [3.05, 3.63) is 107 Å². The quantitative estimate of drug-likeness (QED) is 0.205. The number of rotatable bonds is 8. The molecule has 0 aliphatic carbocycles. The van der Waals surface area contributed by atoms with Crippen LogP contribution in [0.2, 0.25) is 0 Å². The van der Waals surface area contributed by atoms with E-state index in [0.29, 0.717) is 17.7 Å². The van der Waals surface area contributed by atoms with Gasteiger partial charge in [-0.3, -0.25) is 14.7 Å². The fourth-order valence-corrected chi connectivity index (χ4v) is 6.48. The van der Waals surface area contributed by atoms with Crippen LogP contribution in [0.3, 0.4) is 0 Å². The van der Waals surface area contributed by atoms with Crippen LogP contribution in [0.4, 0.5) is 10.1 Å². The van der Waals surface area contributed by atoms with E-state index in [1.807, 2.05) is 48.5 Å². The number of furan rings is 1. The summed E-state index contributed by atoms with van der Waals surface area (Å²) in [5.41, 5.74) is 3.77. The van der Waals surface area contributed by atoms with Gasteiger partial charge in [-0.05, 0) is 72.4 Å². The number of pyridine rings is 1. The van der Waals surface area contributed by atoms with Crippen LogP contribution in [-0.2, 0) is 24.2 Å². The third-order valence-corrected chi connectivity index (χ3v) is 8.94. The van der Waals surface area contributed by atoms with Gasteiger partial charge in [-0.15, -0.1) is 11.3 Å². The van der Waals surface area contributed by atoms with E-state index < -0.39 is 0 Å². The highest BCUT2D eigenvalue weighted by atomic mass is 32.1. The van der Waals surface area contributed by atoms with Crippen LogP contribution in [0.1, 0.15) is 22.5 Å². The number of fused-ring (bicyclic) bond motifs is 1. The minimum absolute atomic E-state index is 0.125. The van der Waals surface area contributed by atoms with Gasteiger partial charge in [0.15, 0.2) is 5.11 Å². The number of likely N-dealkylation sites (N-methyl/N-ethyl adjacent to an activating group) is 1. The van der Waals surface area contributed by atoms with E-state index in [4.69, 9.17) is 16.6 Å². The minimum atomic E-state index is -0.357. The van der Waals surface area contributed by atoms with E-state index in [0.717, 1.165) is 70.5 Å². The topological polar surface area (TPSA) is 73.6 Å². The van der Waals surface area contributed by atoms with E-state index in [1.54, 1.807) is 29.7 Å². The number of halogens is 1. The second kappa shape index (κ2) is 13.1. The number of carbonyl (C=O) groups is 1. The van der Waals surface area contributed by atoms with Crippen molar-refractivity contribution < 1.29 is 13.6 Å². The smallest absolute Gasteiger partial charge is 0.230 e. The summed E-state index contributed by atoms with van der Waals surface area (Å²) in [6, 6.07) is 22.4. The molecule has 0 unspecified atom stereocenters. The number of aromatic nitrogens is 1. The van der Waals surface area contributed by atoms with E-state index in [2.05, 4.69) is 38.5 Å². The van der Waals surface area contributed by atoms with E-state index in [-0.39, 0.29) is 23.3 Å². The number of benzene rings is 2. The van der Waals surface area contributed by atoms with Crippen molar-refractivity contribution in [1.29, 1.82) is 0 Å². The molecule has 0 bridgehead atoms. The van der Waals surface area contributed by atoms with Gasteiger partial charge in [0.05, 0.1) is 28.1 Å². The largest absolute Gasteiger partial charge is 0.459 e. The molecule has 1 aliphatic rings. The van der Waals surface area contributed by atoms with Crippen LogP contribution in [0.5, 0.6) is 0 Å². The number of carbonyl (C=O) groups excluding carboxylic acids is 1. The molecule has 43 heavy (non-hydrogen) atoms. The summed E-state index contributed by atoms with van der Waals surface area (Å²) in [6.45, 7) is 5.01. The van der Waals surface area contributed by atoms with Gasteiger partial charge in [-0.1, -0.05) is 36.4 Å². The highest BCUT2D eigenvalue weighted by molar-refractivity contribution is 7.80. The van der Waals surface area contributed by atoms with E-state index in [1.165, 1.54) is 6.07 Å². The molecule has 0 atom stereocenters. The average molecular weight is 614 g/mol. The summed E-state index contributed by atoms with van der Waals surface area (Å²) < 4.78 is 22.5. The molecule has 0 radical (unpaired) electrons. The lowest BCUT2D eigenvalue weighted by Gasteiger charge is -2.31. The summed E-state index contributed by atoms with van der Waals surface area (Å²) in [5.74, 6) is 1.19. The summed E-state index contributed by atoms with van der Waals surface area (Å²) >= 11 is 6.88. The molecule has 1 aliphatic heterocycles. The summed E-state index contributed by atoms with van der Waals surface area (Å²) in [7, 11) is 2.15. The number of thiocarbonyl (C=S) groups is 1. The Kier molecular flexibility index (Phi) is 8.90. The molecule has 7 nitrogen and oxygen atoms in total. The molecule has 1 saturated heterocycles. The highest BCUT2D eigenvalue weighted by Gasteiger charge is 2.18. The van der Waals surface area contributed by atoms with Crippen LogP contribution < -0.4 is 10.6 Å². The maximum absolute atomic E-state index is 15.2. The lowest BCUT2D eigenvalue weighted by atomic mass is 10.0. The first-order valence-corrected chi connectivity index (χ1v) is 15.4. The maximum Gasteiger partial charge on any atom is 0.230 e. The Morgan fingerprint density at radius 1 is 1.02 bits per heavy atom. The van der Waals surface area contributed by atoms with Crippen molar-refractivity contribution in [3.8, 4) is 10.6 Å². The lowest BCUT2D eigenvalue weighted by Crippen LogP contribution is -2.43. The number of hydrogen-bond donors (Lipinski definition) is 2. The van der Waals surface area contributed by atoms with Crippen LogP contribution >= 0.6 is 23.6 Å². The fourth-order valence-electron chi connectivity index (χ4n) is 5.16. The number of amides is 1. The Hall–Kier alpha value is -3.96. The number of nitrogens with one attached hydrogen (secondary N) is 2. The van der Waals surface area contributed by atoms with Gasteiger partial charge in [-0.25, -0.2) is 4.39 Å². The number of thiophene rings is 1. The lowest BCUT2D eigenvalue weighted by molar-refractivity contribution is -0.119. The molecule has 3 aromatic heterocycles. The molecule has 5 aromatic rings. The molecule has 2 N–H and O–H groups in total. The van der Waals surface area contributed by atoms with E-state index >= 15 is 4.39 Å². The zero-order chi connectivity index (χ0) is 29.8. The number of hydrogen-bond acceptors (Lipinski definition) is 7. The van der Waals surface area contributed by atoms with Crippen LogP contribution in [0.25, 0.3) is 20.9 Å². The van der Waals surface area contributed by atoms with Gasteiger partial charge in [0.25, 0.3) is 0 Å². The van der Waals surface area contributed by atoms with Gasteiger partial charge in [0.1, 0.15) is 17.3 Å². The molecule has 220 valence electrons. The van der Waals surface area contributed by atoms with Gasteiger partial charge in [0.2, 0.25) is 5.91 Å². The van der Waals surface area contributed by atoms with Crippen LogP contribution in [0, 0.1) is 5.82 Å². The second-order valence-corrected chi connectivity index (χ2v) is 12.2. The van der Waals surface area contributed by atoms with Gasteiger partial charge >= 0.3 is 0 Å². The van der Waals surface area contributed by atoms with Crippen LogP contribution in [-0.4, -0.2) is 59.0 Å². The molecule has 1 amide bonds. The van der Waals surface area contributed by atoms with Crippen molar-refractivity contribution in [2.45, 2.75) is 19.4 Å². The SMILES string of the molecule is CN1CCN(Cc2ccc(-c3cc4nccc(Cc5ccc(NC(=S)NC(=O)Cc6ccccc6)cc5F)c4s3)o2)CC1. The second-order valence-electron chi connectivity index (χ2n) is 10.8. The third-order valence-electron chi connectivity index (χ3n) is 7.53. The molecule has 0 saturated carbocycles. The van der Waals surface area contributed by atoms with Gasteiger partial charge in [0, 0.05) is 44.5 Å². The minimum Gasteiger partial charge on any atom is -0.459 e. The zero-order valence-electron chi connectivity index (χ0n) is 23.8. The van der Waals surface area contributed by atoms with Gasteiger partial charge < -0.3 is 20.0 Å². The Balaban J connectivity index is 1.10. The molecular weight excluding hydrogens is 582 g/mol. The molecule has 2 aromatic carbocycles. The number of nitrogens with zero attached hydrogens (tertiary/aromatic N) is 3. The predicted octanol–water partition coefficient (Wildman–Crippen LogP) is 6.09. The number of piperazine rings is 1. The highest BCUT2D eigenvalue weighted by Crippen LogP contribution is 2.36. The van der Waals surface area contributed by atoms with Crippen molar-refractivity contribution >= 4 is 50.5 Å². The first-order valence-electron chi connectivity index (χ1n) is 14.2. The Morgan fingerprint density at radius 3 is 2.63 bits per heavy atom. The standard InChI is InChI=1S/C33H32FN5O2S2/c1-38-13-15-39(16-14-38)21-26-9-10-29(41-26)30-20-28-32(43-30)24(11-12-35-28)18-23-7-8-25(19-27(23)34)36-33(42)37-31(40)17-22-5-3-2-4-6-22/h2-12,19-20H,13-18,21H2,1H3,(H2,36,37,40,42). The molecule has 4 heterocycles. The molecule has 0 spiro atoms. The van der Waals surface area contributed by atoms with Crippen molar-refractivity contribution in [1.82, 2.24) is 20.1 Å². The van der Waals surface area contributed by atoms with Crippen molar-refractivity contribution in [3.63, 3.8) is 0 Å².